The van der Waals surface area contributed by atoms with Crippen LogP contribution >= 0.6 is 0 Å². The molecule has 0 aromatic carbocycles. The van der Waals surface area contributed by atoms with Gasteiger partial charge in [-0.1, -0.05) is 12.2 Å². The molecule has 148 valence electrons. The van der Waals surface area contributed by atoms with Gasteiger partial charge in [-0.2, -0.15) is 0 Å². The van der Waals surface area contributed by atoms with E-state index in [1.165, 1.54) is 16.8 Å². The van der Waals surface area contributed by atoms with Gasteiger partial charge >= 0.3 is 0 Å². The summed E-state index contributed by atoms with van der Waals surface area (Å²) >= 11 is 0. The quantitative estimate of drug-likeness (QED) is 0.660. The van der Waals surface area contributed by atoms with Gasteiger partial charge in [0.15, 0.2) is 0 Å². The fourth-order valence-electron chi connectivity index (χ4n) is 3.70. The summed E-state index contributed by atoms with van der Waals surface area (Å²) in [5.74, 6) is 0. The van der Waals surface area contributed by atoms with Crippen LogP contribution in [0.1, 0.15) is 13.8 Å². The topological polar surface area (TPSA) is 43.0 Å². The summed E-state index contributed by atoms with van der Waals surface area (Å²) in [5.41, 5.74) is 4.00. The van der Waals surface area contributed by atoms with Crippen LogP contribution < -0.4 is 10.6 Å². The molecule has 0 aliphatic carbocycles. The van der Waals surface area contributed by atoms with Crippen LogP contribution in [-0.4, -0.2) is 94.5 Å². The molecule has 0 aromatic heterocycles. The third-order valence-electron chi connectivity index (χ3n) is 5.44. The Bertz CT molecular complexity index is 554. The predicted octanol–water partition coefficient (Wildman–Crippen LogP) is 1.06. The number of piperazine rings is 1. The van der Waals surface area contributed by atoms with E-state index in [9.17, 15) is 0 Å². The number of rotatable bonds is 7. The highest BCUT2D eigenvalue weighted by Crippen LogP contribution is 2.18. The summed E-state index contributed by atoms with van der Waals surface area (Å²) in [6.45, 7) is 8.39. The molecule has 0 aromatic rings. The van der Waals surface area contributed by atoms with Gasteiger partial charge in [-0.25, -0.2) is 0 Å². The molecule has 2 aliphatic rings. The normalized spacial score (nSPS) is 25.8. The lowest BCUT2D eigenvalue weighted by Gasteiger charge is -2.36. The van der Waals surface area contributed by atoms with E-state index in [1.807, 2.05) is 7.05 Å². The molecule has 26 heavy (non-hydrogen) atoms. The second kappa shape index (κ2) is 9.55. The van der Waals surface area contributed by atoms with E-state index in [2.05, 4.69) is 78.7 Å². The third kappa shape index (κ3) is 5.10. The Kier molecular flexibility index (Phi) is 7.70. The first kappa shape index (κ1) is 21.0. The van der Waals surface area contributed by atoms with Crippen molar-refractivity contribution in [3.05, 3.63) is 35.2 Å². The summed E-state index contributed by atoms with van der Waals surface area (Å²) in [5, 5.41) is 7.04. The number of hydrogen-bond acceptors (Lipinski definition) is 6. The molecule has 1 saturated heterocycles. The van der Waals surface area contributed by atoms with Gasteiger partial charge in [0.2, 0.25) is 0 Å². The number of methoxy groups -OCH3 is 1. The average molecular weight is 364 g/mol. The number of ether oxygens (including phenoxy) is 1. The zero-order valence-electron chi connectivity index (χ0n) is 17.5. The molecule has 2 N–H and O–H groups in total. The van der Waals surface area contributed by atoms with E-state index >= 15 is 0 Å². The third-order valence-corrected chi connectivity index (χ3v) is 5.44. The molecular formula is C20H37N5O. The molecule has 0 amide bonds. The number of hydrogen-bond donors (Lipinski definition) is 2. The number of nitrogens with one attached hydrogen (secondary N) is 2. The summed E-state index contributed by atoms with van der Waals surface area (Å²) in [6.07, 6.45) is 6.82. The molecule has 0 bridgehead atoms. The fraction of sp³-hybridized carbons (Fsp3) is 0.700. The zero-order chi connectivity index (χ0) is 19.3. The summed E-state index contributed by atoms with van der Waals surface area (Å²) < 4.78 is 5.71. The Morgan fingerprint density at radius 2 is 2.19 bits per heavy atom. The Labute approximate surface area is 159 Å². The molecule has 3 atom stereocenters. The fourth-order valence-corrected chi connectivity index (χ4v) is 3.70. The number of nitrogens with zero attached hydrogens (tertiary/aromatic N) is 3. The second-order valence-corrected chi connectivity index (χ2v) is 7.62. The number of likely N-dealkylation sites (N-methyl/N-ethyl adjacent to an activating group) is 3. The molecule has 0 radical (unpaired) electrons. The van der Waals surface area contributed by atoms with Gasteiger partial charge in [-0.15, -0.1) is 0 Å². The lowest BCUT2D eigenvalue weighted by molar-refractivity contribution is -0.0209. The maximum atomic E-state index is 5.71. The first-order valence-corrected chi connectivity index (χ1v) is 9.50. The lowest BCUT2D eigenvalue weighted by atomic mass is 10.0. The van der Waals surface area contributed by atoms with Crippen LogP contribution in [0.5, 0.6) is 0 Å². The van der Waals surface area contributed by atoms with Gasteiger partial charge in [-0.05, 0) is 46.1 Å². The van der Waals surface area contributed by atoms with Crippen LogP contribution in [0.4, 0.5) is 0 Å². The van der Waals surface area contributed by atoms with Crippen LogP contribution in [0.15, 0.2) is 35.2 Å². The van der Waals surface area contributed by atoms with Crippen LogP contribution in [0.2, 0.25) is 0 Å². The van der Waals surface area contributed by atoms with E-state index in [1.54, 1.807) is 7.11 Å². The second-order valence-electron chi connectivity index (χ2n) is 7.62. The van der Waals surface area contributed by atoms with E-state index in [4.69, 9.17) is 4.74 Å². The largest absolute Gasteiger partial charge is 0.386 e. The molecule has 2 heterocycles. The van der Waals surface area contributed by atoms with Crippen molar-refractivity contribution in [2.24, 2.45) is 0 Å². The van der Waals surface area contributed by atoms with E-state index in [0.717, 1.165) is 26.2 Å². The van der Waals surface area contributed by atoms with Gasteiger partial charge in [0.05, 0.1) is 6.04 Å². The van der Waals surface area contributed by atoms with Gasteiger partial charge in [0, 0.05) is 58.3 Å². The molecule has 0 saturated carbocycles. The van der Waals surface area contributed by atoms with Gasteiger partial charge < -0.3 is 20.3 Å². The first-order chi connectivity index (χ1) is 12.4. The molecule has 0 spiro atoms. The van der Waals surface area contributed by atoms with Crippen molar-refractivity contribution >= 4 is 0 Å². The lowest BCUT2D eigenvalue weighted by Crippen LogP contribution is -2.50. The average Bonchev–Trinajstić information content (AvgIpc) is 2.62. The highest BCUT2D eigenvalue weighted by molar-refractivity contribution is 5.27. The van der Waals surface area contributed by atoms with Crippen molar-refractivity contribution in [1.29, 1.82) is 0 Å². The highest BCUT2D eigenvalue weighted by Gasteiger charge is 2.27. The maximum absolute atomic E-state index is 5.71. The Balaban J connectivity index is 2.09. The smallest absolute Gasteiger partial charge is 0.129 e. The van der Waals surface area contributed by atoms with Crippen molar-refractivity contribution in [3.63, 3.8) is 0 Å². The SMILES string of the molecule is CNC(/C(C)=C1/CN(CC2=CN(C)C(C)C=C2)CCN1)C(OC)N(C)C. The standard InChI is InChI=1S/C20H37N5O/c1-15-8-9-17(12-24(15)6)13-25-11-10-22-18(14-25)16(2)19(21-3)20(26-7)23(4)5/h8-9,12,15,19-22H,10-11,13-14H2,1-7H3/b18-16-. The Hall–Kier alpha value is -1.34. The molecular weight excluding hydrogens is 326 g/mol. The maximum Gasteiger partial charge on any atom is 0.129 e. The van der Waals surface area contributed by atoms with E-state index < -0.39 is 0 Å². The zero-order valence-corrected chi connectivity index (χ0v) is 17.5. The van der Waals surface area contributed by atoms with Crippen LogP contribution in [-0.2, 0) is 4.74 Å². The molecule has 6 heteroatoms. The highest BCUT2D eigenvalue weighted by atomic mass is 16.5. The molecule has 2 rings (SSSR count). The van der Waals surface area contributed by atoms with Crippen molar-refractivity contribution in [2.45, 2.75) is 32.2 Å². The minimum Gasteiger partial charge on any atom is -0.386 e. The van der Waals surface area contributed by atoms with E-state index in [0.29, 0.717) is 6.04 Å². The minimum atomic E-state index is 0.00352. The molecule has 2 aliphatic heterocycles. The van der Waals surface area contributed by atoms with Crippen molar-refractivity contribution in [3.8, 4) is 0 Å². The predicted molar refractivity (Wildman–Crippen MR) is 109 cm³/mol. The first-order valence-electron chi connectivity index (χ1n) is 9.50. The van der Waals surface area contributed by atoms with E-state index in [-0.39, 0.29) is 12.3 Å². The van der Waals surface area contributed by atoms with Gasteiger partial charge in [-0.3, -0.25) is 9.80 Å². The summed E-state index contributed by atoms with van der Waals surface area (Å²) in [6, 6.07) is 0.631. The van der Waals surface area contributed by atoms with Crippen molar-refractivity contribution in [1.82, 2.24) is 25.3 Å². The summed E-state index contributed by atoms with van der Waals surface area (Å²) in [4.78, 5) is 6.90. The monoisotopic (exact) mass is 363 g/mol. The molecule has 3 unspecified atom stereocenters. The van der Waals surface area contributed by atoms with Crippen molar-refractivity contribution in [2.75, 3.05) is 61.5 Å². The van der Waals surface area contributed by atoms with Crippen molar-refractivity contribution < 1.29 is 4.74 Å². The minimum absolute atomic E-state index is 0.00352. The van der Waals surface area contributed by atoms with Crippen LogP contribution in [0, 0.1) is 0 Å². The Morgan fingerprint density at radius 1 is 1.46 bits per heavy atom. The van der Waals surface area contributed by atoms with Crippen LogP contribution in [0.25, 0.3) is 0 Å². The Morgan fingerprint density at radius 3 is 2.77 bits per heavy atom. The molecule has 6 nitrogen and oxygen atoms in total. The van der Waals surface area contributed by atoms with Gasteiger partial charge in [0.1, 0.15) is 6.23 Å². The molecule has 1 fully saturated rings. The summed E-state index contributed by atoms with van der Waals surface area (Å²) in [7, 11) is 10.0. The van der Waals surface area contributed by atoms with Crippen LogP contribution in [0.3, 0.4) is 0 Å². The van der Waals surface area contributed by atoms with Gasteiger partial charge in [0.25, 0.3) is 0 Å².